The molecule has 0 aromatic heterocycles. The molecule has 0 radical (unpaired) electrons. The molecule has 1 heterocycles. The molecular weight excluding hydrogens is 356 g/mol. The van der Waals surface area contributed by atoms with Crippen LogP contribution < -0.4 is 10.6 Å². The summed E-state index contributed by atoms with van der Waals surface area (Å²) >= 11 is 0. The lowest BCUT2D eigenvalue weighted by atomic mass is 9.74. The molecule has 1 aromatic rings. The van der Waals surface area contributed by atoms with Gasteiger partial charge < -0.3 is 15.2 Å². The van der Waals surface area contributed by atoms with E-state index in [0.717, 1.165) is 19.3 Å². The Hall–Kier alpha value is -1.63. The predicted octanol–water partition coefficient (Wildman–Crippen LogP) is 2.12. The van der Waals surface area contributed by atoms with Crippen molar-refractivity contribution in [2.45, 2.75) is 44.1 Å². The quantitative estimate of drug-likeness (QED) is 0.607. The molecule has 1 aliphatic heterocycles. The molecule has 0 saturated carbocycles. The number of hydrogen-bond donors (Lipinski definition) is 3. The second-order valence-electron chi connectivity index (χ2n) is 6.60. The molecule has 1 unspecified atom stereocenters. The van der Waals surface area contributed by atoms with Crippen LogP contribution in [0.25, 0.3) is 0 Å². The van der Waals surface area contributed by atoms with E-state index in [2.05, 4.69) is 22.8 Å². The Bertz CT molecular complexity index is 562. The summed E-state index contributed by atoms with van der Waals surface area (Å²) < 4.78 is 5.49. The van der Waals surface area contributed by atoms with Crippen LogP contribution in [0.15, 0.2) is 30.3 Å². The Balaban J connectivity index is 0.00000338. The normalized spacial score (nSPS) is 17.0. The molecule has 3 N–H and O–H groups in total. The number of hydrogen-bond acceptors (Lipinski definition) is 4. The molecule has 1 amide bonds. The molecule has 0 aliphatic carbocycles. The van der Waals surface area contributed by atoms with Crippen molar-refractivity contribution in [2.75, 3.05) is 26.3 Å². The lowest BCUT2D eigenvalue weighted by Gasteiger charge is -2.38. The highest BCUT2D eigenvalue weighted by Gasteiger charge is 2.34. The number of nitrogens with one attached hydrogen (secondary N) is 2. The number of rotatable bonds is 9. The zero-order valence-corrected chi connectivity index (χ0v) is 16.0. The third-order valence-corrected chi connectivity index (χ3v) is 4.84. The largest absolute Gasteiger partial charge is 0.480 e. The first kappa shape index (κ1) is 22.4. The van der Waals surface area contributed by atoms with Gasteiger partial charge >= 0.3 is 5.97 Å². The van der Waals surface area contributed by atoms with Crippen molar-refractivity contribution in [3.8, 4) is 0 Å². The molecule has 6 nitrogen and oxygen atoms in total. The third kappa shape index (κ3) is 6.27. The minimum atomic E-state index is -0.917. The van der Waals surface area contributed by atoms with Gasteiger partial charge in [-0.15, -0.1) is 12.4 Å². The molecule has 0 bridgehead atoms. The number of carboxylic acids is 1. The highest BCUT2D eigenvalue weighted by atomic mass is 35.5. The number of amides is 1. The Kier molecular flexibility index (Phi) is 9.62. The van der Waals surface area contributed by atoms with Crippen LogP contribution in [0.1, 0.15) is 38.2 Å². The Labute approximate surface area is 161 Å². The van der Waals surface area contributed by atoms with Crippen LogP contribution in [-0.2, 0) is 19.7 Å². The Morgan fingerprint density at radius 1 is 1.23 bits per heavy atom. The second-order valence-corrected chi connectivity index (χ2v) is 6.60. The van der Waals surface area contributed by atoms with Crippen molar-refractivity contribution < 1.29 is 19.4 Å². The molecule has 0 spiro atoms. The van der Waals surface area contributed by atoms with Crippen molar-refractivity contribution >= 4 is 24.3 Å². The molecule has 7 heteroatoms. The van der Waals surface area contributed by atoms with Gasteiger partial charge in [-0.25, -0.2) is 0 Å². The Morgan fingerprint density at radius 3 is 2.46 bits per heavy atom. The summed E-state index contributed by atoms with van der Waals surface area (Å²) in [7, 11) is 0. The number of carbonyl (C=O) groups excluding carboxylic acids is 1. The zero-order chi connectivity index (χ0) is 18.1. The van der Waals surface area contributed by atoms with Gasteiger partial charge in [-0.1, -0.05) is 43.7 Å². The Morgan fingerprint density at radius 2 is 1.88 bits per heavy atom. The summed E-state index contributed by atoms with van der Waals surface area (Å²) in [6, 6.07) is 9.52. The van der Waals surface area contributed by atoms with E-state index in [1.807, 2.05) is 25.1 Å². The van der Waals surface area contributed by atoms with Gasteiger partial charge in [-0.3, -0.25) is 14.9 Å². The average molecular weight is 385 g/mol. The standard InChI is InChI=1S/C19H28N2O4.ClH/c1-2-6-16(18(23)24)20-13-17(22)21-14-19(9-11-25-12-10-19)15-7-4-3-5-8-15;/h3-5,7-8,16,20H,2,6,9-14H2,1H3,(H,21,22)(H,23,24);1H. The number of halogens is 1. The molecule has 1 aromatic carbocycles. The van der Waals surface area contributed by atoms with Crippen LogP contribution in [-0.4, -0.2) is 49.3 Å². The molecule has 1 aliphatic rings. The summed E-state index contributed by atoms with van der Waals surface area (Å²) in [5, 5.41) is 14.9. The summed E-state index contributed by atoms with van der Waals surface area (Å²) in [6.45, 7) is 3.83. The monoisotopic (exact) mass is 384 g/mol. The van der Waals surface area contributed by atoms with Gasteiger partial charge in [-0.05, 0) is 24.8 Å². The van der Waals surface area contributed by atoms with Crippen LogP contribution >= 0.6 is 12.4 Å². The van der Waals surface area contributed by atoms with E-state index in [-0.39, 0.29) is 30.3 Å². The fourth-order valence-corrected chi connectivity index (χ4v) is 3.27. The van der Waals surface area contributed by atoms with Crippen LogP contribution in [0, 0.1) is 0 Å². The molecule has 26 heavy (non-hydrogen) atoms. The maximum absolute atomic E-state index is 12.2. The predicted molar refractivity (Wildman–Crippen MR) is 103 cm³/mol. The van der Waals surface area contributed by atoms with Gasteiger partial charge in [0.05, 0.1) is 6.54 Å². The molecule has 1 saturated heterocycles. The van der Waals surface area contributed by atoms with Gasteiger partial charge in [0.15, 0.2) is 0 Å². The average Bonchev–Trinajstić information content (AvgIpc) is 2.64. The van der Waals surface area contributed by atoms with Gasteiger partial charge in [0.25, 0.3) is 0 Å². The highest BCUT2D eigenvalue weighted by Crippen LogP contribution is 2.34. The maximum atomic E-state index is 12.2. The van der Waals surface area contributed by atoms with Crippen LogP contribution in [0.5, 0.6) is 0 Å². The summed E-state index contributed by atoms with van der Waals surface area (Å²) in [4.78, 5) is 23.3. The first-order valence-electron chi connectivity index (χ1n) is 8.93. The van der Waals surface area contributed by atoms with Crippen molar-refractivity contribution in [1.29, 1.82) is 0 Å². The van der Waals surface area contributed by atoms with E-state index in [4.69, 9.17) is 9.84 Å². The smallest absolute Gasteiger partial charge is 0.320 e. The lowest BCUT2D eigenvalue weighted by molar-refractivity contribution is -0.139. The van der Waals surface area contributed by atoms with Gasteiger partial charge in [0.2, 0.25) is 5.91 Å². The van der Waals surface area contributed by atoms with Gasteiger partial charge in [-0.2, -0.15) is 0 Å². The summed E-state index contributed by atoms with van der Waals surface area (Å²) in [5.41, 5.74) is 1.09. The number of carbonyl (C=O) groups is 2. The van der Waals surface area contributed by atoms with Gasteiger partial charge in [0.1, 0.15) is 6.04 Å². The minimum Gasteiger partial charge on any atom is -0.480 e. The fraction of sp³-hybridized carbons (Fsp3) is 0.579. The van der Waals surface area contributed by atoms with Gasteiger partial charge in [0, 0.05) is 25.2 Å². The van der Waals surface area contributed by atoms with E-state index in [1.165, 1.54) is 5.56 Å². The first-order chi connectivity index (χ1) is 12.1. The maximum Gasteiger partial charge on any atom is 0.320 e. The third-order valence-electron chi connectivity index (χ3n) is 4.84. The number of carboxylic acid groups (broad SMARTS) is 1. The van der Waals surface area contributed by atoms with Crippen molar-refractivity contribution in [3.63, 3.8) is 0 Å². The topological polar surface area (TPSA) is 87.7 Å². The van der Waals surface area contributed by atoms with Crippen LogP contribution in [0.3, 0.4) is 0 Å². The first-order valence-corrected chi connectivity index (χ1v) is 8.93. The van der Waals surface area contributed by atoms with Crippen molar-refractivity contribution in [3.05, 3.63) is 35.9 Å². The van der Waals surface area contributed by atoms with Crippen molar-refractivity contribution in [1.82, 2.24) is 10.6 Å². The number of aliphatic carboxylic acids is 1. The van der Waals surface area contributed by atoms with Crippen LogP contribution in [0.2, 0.25) is 0 Å². The molecular formula is C19H29ClN2O4. The van der Waals surface area contributed by atoms with Crippen molar-refractivity contribution in [2.24, 2.45) is 0 Å². The summed E-state index contributed by atoms with van der Waals surface area (Å²) in [5.74, 6) is -1.09. The minimum absolute atomic E-state index is 0. The zero-order valence-electron chi connectivity index (χ0n) is 15.2. The number of benzene rings is 1. The number of ether oxygens (including phenoxy) is 1. The lowest BCUT2D eigenvalue weighted by Crippen LogP contribution is -2.48. The van der Waals surface area contributed by atoms with E-state index < -0.39 is 12.0 Å². The highest BCUT2D eigenvalue weighted by molar-refractivity contribution is 5.85. The van der Waals surface area contributed by atoms with E-state index in [1.54, 1.807) is 0 Å². The van der Waals surface area contributed by atoms with Crippen LogP contribution in [0.4, 0.5) is 0 Å². The molecule has 1 atom stereocenters. The van der Waals surface area contributed by atoms with E-state index in [9.17, 15) is 9.59 Å². The molecule has 2 rings (SSSR count). The molecule has 146 valence electrons. The van der Waals surface area contributed by atoms with E-state index in [0.29, 0.717) is 26.2 Å². The van der Waals surface area contributed by atoms with E-state index >= 15 is 0 Å². The fourth-order valence-electron chi connectivity index (χ4n) is 3.27. The summed E-state index contributed by atoms with van der Waals surface area (Å²) in [6.07, 6.45) is 2.98. The SMILES string of the molecule is CCCC(NCC(=O)NCC1(c2ccccc2)CCOCC1)C(=O)O.Cl. The second kappa shape index (κ2) is 11.2. The molecule has 1 fully saturated rings.